The predicted octanol–water partition coefficient (Wildman–Crippen LogP) is 0.426. The third-order valence-corrected chi connectivity index (χ3v) is 0. The molecule has 0 aromatic rings. The molecule has 2 heteroatoms. The Morgan fingerprint density at radius 1 is 1.50 bits per heavy atom. The monoisotopic (exact) mass is 92.0 g/mol. The molecule has 0 aromatic heterocycles. The first-order chi connectivity index (χ1) is 1.73. The maximum Gasteiger partial charge on any atom is -0.106 e. The van der Waals surface area contributed by atoms with Gasteiger partial charge >= 0.3 is 0 Å². The molecule has 0 atom stereocenters. The van der Waals surface area contributed by atoms with E-state index >= 15 is 0 Å². The van der Waals surface area contributed by atoms with Crippen molar-refractivity contribution in [2.24, 2.45) is 0 Å². The van der Waals surface area contributed by atoms with Gasteiger partial charge in [-0.05, 0) is 0 Å². The summed E-state index contributed by atoms with van der Waals surface area (Å²) < 4.78 is 0. The van der Waals surface area contributed by atoms with Crippen molar-refractivity contribution in [2.45, 2.75) is 11.5 Å². The Morgan fingerprint density at radius 3 is 1.50 bits per heavy atom. The van der Waals surface area contributed by atoms with Crippen molar-refractivity contribution in [3.05, 3.63) is 0 Å². The Morgan fingerprint density at radius 2 is 1.50 bits per heavy atom. The molecule has 0 unspecified atom stereocenters. The largest absolute Gasteiger partial charge is 0.815 e. The Hall–Kier alpha value is 0.700. The Labute approximate surface area is 37.4 Å². The van der Waals surface area contributed by atoms with E-state index in [0.717, 1.165) is 0 Å². The van der Waals surface area contributed by atoms with Gasteiger partial charge in [-0.1, -0.05) is 0 Å². The summed E-state index contributed by atoms with van der Waals surface area (Å²) in [5, 5.41) is 0. The van der Waals surface area contributed by atoms with Gasteiger partial charge in [-0.25, -0.2) is 0 Å². The van der Waals surface area contributed by atoms with Gasteiger partial charge in [0.1, 0.15) is 0 Å². The van der Waals surface area contributed by atoms with Crippen LogP contribution in [0.15, 0.2) is 0 Å². The molecule has 0 bridgehead atoms. The summed E-state index contributed by atoms with van der Waals surface area (Å²) in [6.45, 7) is 1.80. The second-order valence-electron chi connectivity index (χ2n) is 0.568. The van der Waals surface area contributed by atoms with Gasteiger partial charge < -0.3 is 25.3 Å². The van der Waals surface area contributed by atoms with Crippen molar-refractivity contribution in [3.63, 3.8) is 0 Å². The first kappa shape index (κ1) is 4.70. The van der Waals surface area contributed by atoms with Crippen molar-refractivity contribution >= 4 is 25.3 Å². The Bertz CT molecular complexity index is 8.75. The van der Waals surface area contributed by atoms with E-state index in [1.54, 1.807) is 6.92 Å². The van der Waals surface area contributed by atoms with Gasteiger partial charge in [-0.3, -0.25) is 4.58 Å². The van der Waals surface area contributed by atoms with Crippen LogP contribution < -0.4 is 0 Å². The van der Waals surface area contributed by atoms with Crippen molar-refractivity contribution in [1.82, 2.24) is 0 Å². The van der Waals surface area contributed by atoms with Gasteiger partial charge in [-0.2, -0.15) is 0 Å². The summed E-state index contributed by atoms with van der Waals surface area (Å²) in [6.07, 6.45) is 0. The molecule has 0 saturated heterocycles. The zero-order valence-electron chi connectivity index (χ0n) is 2.39. The maximum absolute atomic E-state index is 4.44. The van der Waals surface area contributed by atoms with E-state index in [1.807, 2.05) is 0 Å². The highest BCUT2D eigenvalue weighted by atomic mass is 32.2. The van der Waals surface area contributed by atoms with Crippen LogP contribution in [0.3, 0.4) is 0 Å². The second-order valence-corrected chi connectivity index (χ2v) is 2.28. The minimum absolute atomic E-state index is 0. The SMILES string of the molecule is CC([S-])[S-]. The molecule has 0 aliphatic heterocycles. The number of hydrogen-bond acceptors (Lipinski definition) is 2. The van der Waals surface area contributed by atoms with Gasteiger partial charge in [-0.15, -0.1) is 6.92 Å². The zero-order valence-corrected chi connectivity index (χ0v) is 4.03. The molecule has 0 nitrogen and oxygen atoms in total. The van der Waals surface area contributed by atoms with E-state index in [-0.39, 0.29) is 4.58 Å². The van der Waals surface area contributed by atoms with Crippen LogP contribution in [-0.4, -0.2) is 4.58 Å². The van der Waals surface area contributed by atoms with Crippen LogP contribution in [0.5, 0.6) is 0 Å². The van der Waals surface area contributed by atoms with E-state index in [2.05, 4.69) is 25.3 Å². The maximum atomic E-state index is 4.44. The molecule has 0 rings (SSSR count). The summed E-state index contributed by atoms with van der Waals surface area (Å²) in [7, 11) is 0. The number of hydrogen-bond donors (Lipinski definition) is 0. The van der Waals surface area contributed by atoms with Crippen molar-refractivity contribution < 1.29 is 0 Å². The van der Waals surface area contributed by atoms with E-state index in [0.29, 0.717) is 0 Å². The lowest BCUT2D eigenvalue weighted by Crippen LogP contribution is -1.82. The minimum atomic E-state index is 0. The zero-order chi connectivity index (χ0) is 3.58. The van der Waals surface area contributed by atoms with E-state index in [9.17, 15) is 0 Å². The van der Waals surface area contributed by atoms with E-state index in [1.165, 1.54) is 0 Å². The van der Waals surface area contributed by atoms with Gasteiger partial charge in [0.15, 0.2) is 0 Å². The topological polar surface area (TPSA) is 0 Å². The van der Waals surface area contributed by atoms with Gasteiger partial charge in [0.2, 0.25) is 0 Å². The summed E-state index contributed by atoms with van der Waals surface area (Å²) >= 11 is 8.87. The fraction of sp³-hybridized carbons (Fsp3) is 1.00. The van der Waals surface area contributed by atoms with Crippen molar-refractivity contribution in [3.8, 4) is 0 Å². The molecule has 0 aliphatic rings. The summed E-state index contributed by atoms with van der Waals surface area (Å²) in [5.74, 6) is 0. The molecule has 0 spiro atoms. The van der Waals surface area contributed by atoms with Crippen LogP contribution in [0.25, 0.3) is 0 Å². The smallest absolute Gasteiger partial charge is 0.106 e. The molecule has 0 aliphatic carbocycles. The number of rotatable bonds is 0. The van der Waals surface area contributed by atoms with Gasteiger partial charge in [0, 0.05) is 0 Å². The fourth-order valence-corrected chi connectivity index (χ4v) is 0. The van der Waals surface area contributed by atoms with Gasteiger partial charge in [0.05, 0.1) is 0 Å². The Kier molecular flexibility index (Phi) is 2.32. The highest BCUT2D eigenvalue weighted by Crippen LogP contribution is 1.66. The molecule has 26 valence electrons. The van der Waals surface area contributed by atoms with Crippen LogP contribution in [-0.2, 0) is 25.3 Å². The normalized spacial score (nSPS) is 9.00. The molecule has 0 heterocycles. The second kappa shape index (κ2) is 1.97. The fourth-order valence-electron chi connectivity index (χ4n) is 0. The van der Waals surface area contributed by atoms with Gasteiger partial charge in [0.25, 0.3) is 0 Å². The third kappa shape index (κ3) is 15.9. The molecule has 0 saturated carbocycles. The molecular formula is C2H4S2-2. The highest BCUT2D eigenvalue weighted by molar-refractivity contribution is 7.78. The van der Waals surface area contributed by atoms with Crippen LogP contribution in [0, 0.1) is 0 Å². The van der Waals surface area contributed by atoms with Crippen molar-refractivity contribution in [2.75, 3.05) is 0 Å². The molecule has 0 amide bonds. The summed E-state index contributed by atoms with van der Waals surface area (Å²) in [5.41, 5.74) is 0. The van der Waals surface area contributed by atoms with Crippen LogP contribution >= 0.6 is 0 Å². The van der Waals surface area contributed by atoms with E-state index < -0.39 is 0 Å². The quantitative estimate of drug-likeness (QED) is 0.397. The Balaban J connectivity index is 2.32. The first-order valence-corrected chi connectivity index (χ1v) is 1.99. The molecule has 0 fully saturated rings. The summed E-state index contributed by atoms with van der Waals surface area (Å²) in [6, 6.07) is 0. The molecule has 4 heavy (non-hydrogen) atoms. The van der Waals surface area contributed by atoms with Crippen LogP contribution in [0.4, 0.5) is 0 Å². The lowest BCUT2D eigenvalue weighted by molar-refractivity contribution is 1.45. The van der Waals surface area contributed by atoms with E-state index in [4.69, 9.17) is 0 Å². The average Bonchev–Trinajstić information content (AvgIpc) is 0.811. The first-order valence-electron chi connectivity index (χ1n) is 1.05. The highest BCUT2D eigenvalue weighted by Gasteiger charge is 1.33. The standard InChI is InChI=1S/C2H6S2/c1-2(3)4/h2-4H,1H3/p-2. The molecule has 0 radical (unpaired) electrons. The third-order valence-electron chi connectivity index (χ3n) is 0. The molecule has 0 aromatic carbocycles. The van der Waals surface area contributed by atoms with Crippen LogP contribution in [0.1, 0.15) is 6.92 Å². The summed E-state index contributed by atoms with van der Waals surface area (Å²) in [4.78, 5) is 0. The molecular weight excluding hydrogens is 88.2 g/mol. The van der Waals surface area contributed by atoms with Crippen molar-refractivity contribution in [1.29, 1.82) is 0 Å². The lowest BCUT2D eigenvalue weighted by atomic mass is 11.0. The average molecular weight is 92.2 g/mol. The predicted molar refractivity (Wildman–Crippen MR) is 24.2 cm³/mol. The minimum Gasteiger partial charge on any atom is -0.815 e. The van der Waals surface area contributed by atoms with Crippen LogP contribution in [0.2, 0.25) is 0 Å². The lowest BCUT2D eigenvalue weighted by Gasteiger charge is -2.21. The molecule has 0 N–H and O–H groups in total.